The molecule has 0 saturated heterocycles. The van der Waals surface area contributed by atoms with Gasteiger partial charge in [0.2, 0.25) is 0 Å². The van der Waals surface area contributed by atoms with Crippen LogP contribution in [0.4, 0.5) is 0 Å². The van der Waals surface area contributed by atoms with Crippen molar-refractivity contribution in [2.45, 2.75) is 57.8 Å². The SMILES string of the molecule is C[Si](C)(C)c1cc(I)c(C=NC2CCCCC2)s1. The first-order chi connectivity index (χ1) is 8.47. The molecular weight excluding hydrogens is 369 g/mol. The molecule has 1 aliphatic rings. The Hall–Kier alpha value is 0.317. The van der Waals surface area contributed by atoms with Gasteiger partial charge in [0.05, 0.1) is 13.0 Å². The van der Waals surface area contributed by atoms with Gasteiger partial charge >= 0.3 is 0 Å². The van der Waals surface area contributed by atoms with Crippen molar-refractivity contribution in [1.29, 1.82) is 0 Å². The van der Waals surface area contributed by atoms with Gasteiger partial charge in [-0.05, 0) is 46.0 Å². The minimum Gasteiger partial charge on any atom is -0.288 e. The van der Waals surface area contributed by atoms with E-state index in [0.717, 1.165) is 0 Å². The van der Waals surface area contributed by atoms with E-state index in [4.69, 9.17) is 4.99 Å². The highest BCUT2D eigenvalue weighted by atomic mass is 127. The van der Waals surface area contributed by atoms with Gasteiger partial charge in [0.15, 0.2) is 0 Å². The Morgan fingerprint density at radius 1 is 1.28 bits per heavy atom. The van der Waals surface area contributed by atoms with Crippen molar-refractivity contribution < 1.29 is 0 Å². The maximum absolute atomic E-state index is 4.81. The van der Waals surface area contributed by atoms with E-state index in [0.29, 0.717) is 6.04 Å². The Morgan fingerprint density at radius 2 is 1.94 bits per heavy atom. The maximum Gasteiger partial charge on any atom is 0.0904 e. The molecule has 0 bridgehead atoms. The van der Waals surface area contributed by atoms with Gasteiger partial charge in [-0.1, -0.05) is 38.9 Å². The van der Waals surface area contributed by atoms with Gasteiger partial charge in [-0.15, -0.1) is 11.3 Å². The smallest absolute Gasteiger partial charge is 0.0904 e. The van der Waals surface area contributed by atoms with E-state index in [9.17, 15) is 0 Å². The van der Waals surface area contributed by atoms with E-state index in [1.54, 1.807) is 4.50 Å². The van der Waals surface area contributed by atoms with Gasteiger partial charge in [-0.3, -0.25) is 4.99 Å². The molecule has 1 fully saturated rings. The van der Waals surface area contributed by atoms with Crippen molar-refractivity contribution in [2.24, 2.45) is 4.99 Å². The van der Waals surface area contributed by atoms with E-state index in [1.807, 2.05) is 11.3 Å². The molecule has 1 aromatic heterocycles. The van der Waals surface area contributed by atoms with Crippen molar-refractivity contribution in [3.8, 4) is 0 Å². The topological polar surface area (TPSA) is 12.4 Å². The summed E-state index contributed by atoms with van der Waals surface area (Å²) < 4.78 is 2.98. The molecule has 0 spiro atoms. The van der Waals surface area contributed by atoms with E-state index in [2.05, 4.69) is 54.5 Å². The molecule has 0 radical (unpaired) electrons. The molecule has 1 aromatic rings. The predicted molar refractivity (Wildman–Crippen MR) is 94.5 cm³/mol. The third kappa shape index (κ3) is 3.90. The second kappa shape index (κ2) is 6.18. The van der Waals surface area contributed by atoms with Gasteiger partial charge < -0.3 is 0 Å². The van der Waals surface area contributed by atoms with E-state index < -0.39 is 8.07 Å². The maximum atomic E-state index is 4.81. The highest BCUT2D eigenvalue weighted by molar-refractivity contribution is 14.1. The van der Waals surface area contributed by atoms with Gasteiger partial charge in [0.25, 0.3) is 0 Å². The molecule has 0 amide bonds. The van der Waals surface area contributed by atoms with Crippen LogP contribution in [-0.2, 0) is 0 Å². The number of hydrogen-bond acceptors (Lipinski definition) is 2. The zero-order chi connectivity index (χ0) is 13.2. The summed E-state index contributed by atoms with van der Waals surface area (Å²) in [7, 11) is -1.16. The highest BCUT2D eigenvalue weighted by Gasteiger charge is 2.20. The lowest BCUT2D eigenvalue weighted by molar-refractivity contribution is 0.444. The highest BCUT2D eigenvalue weighted by Crippen LogP contribution is 2.22. The van der Waals surface area contributed by atoms with Crippen molar-refractivity contribution >= 4 is 52.7 Å². The Labute approximate surface area is 129 Å². The van der Waals surface area contributed by atoms with Crippen molar-refractivity contribution in [3.63, 3.8) is 0 Å². The number of aliphatic imine (C=N–C) groups is 1. The molecule has 0 N–H and O–H groups in total. The first-order valence-corrected chi connectivity index (χ1v) is 12.2. The fourth-order valence-electron chi connectivity index (χ4n) is 2.24. The average molecular weight is 391 g/mol. The predicted octanol–water partition coefficient (Wildman–Crippen LogP) is 4.65. The van der Waals surface area contributed by atoms with E-state index in [1.165, 1.54) is 40.6 Å². The van der Waals surface area contributed by atoms with Crippen molar-refractivity contribution in [3.05, 3.63) is 14.5 Å². The molecule has 18 heavy (non-hydrogen) atoms. The first kappa shape index (κ1) is 14.7. The number of thiophene rings is 1. The summed E-state index contributed by atoms with van der Waals surface area (Å²) in [5.41, 5.74) is 0. The fourth-order valence-corrected chi connectivity index (χ4v) is 6.35. The molecule has 0 aromatic carbocycles. The first-order valence-electron chi connectivity index (χ1n) is 6.80. The van der Waals surface area contributed by atoms with Crippen molar-refractivity contribution in [1.82, 2.24) is 0 Å². The van der Waals surface area contributed by atoms with Gasteiger partial charge in [-0.2, -0.15) is 0 Å². The van der Waals surface area contributed by atoms with Gasteiger partial charge in [0.1, 0.15) is 0 Å². The minimum atomic E-state index is -1.16. The number of nitrogens with zero attached hydrogens (tertiary/aromatic N) is 1. The summed E-state index contributed by atoms with van der Waals surface area (Å²) >= 11 is 4.42. The minimum absolute atomic E-state index is 0.590. The zero-order valence-corrected chi connectivity index (χ0v) is 15.5. The second-order valence-corrected chi connectivity index (χ2v) is 13.8. The molecule has 0 unspecified atom stereocenters. The Balaban J connectivity index is 2.09. The largest absolute Gasteiger partial charge is 0.288 e. The zero-order valence-electron chi connectivity index (χ0n) is 11.5. The summed E-state index contributed by atoms with van der Waals surface area (Å²) in [5.74, 6) is 0. The van der Waals surface area contributed by atoms with Crippen LogP contribution in [0.2, 0.25) is 19.6 Å². The van der Waals surface area contributed by atoms with Crippen LogP contribution >= 0.6 is 33.9 Å². The summed E-state index contributed by atoms with van der Waals surface area (Å²) in [6, 6.07) is 2.96. The van der Waals surface area contributed by atoms with E-state index >= 15 is 0 Å². The quantitative estimate of drug-likeness (QED) is 0.404. The summed E-state index contributed by atoms with van der Waals surface area (Å²) in [6.45, 7) is 7.24. The van der Waals surface area contributed by atoms with Crippen LogP contribution in [0.3, 0.4) is 0 Å². The standard InChI is InChI=1S/C14H22INSSi/c1-18(2,3)14-9-12(15)13(17-14)10-16-11-7-5-4-6-8-11/h9-11H,4-8H2,1-3H3. The number of halogens is 1. The monoisotopic (exact) mass is 391 g/mol. The van der Waals surface area contributed by atoms with Crippen LogP contribution in [0.1, 0.15) is 37.0 Å². The third-order valence-corrected chi connectivity index (χ3v) is 9.34. The lowest BCUT2D eigenvalue weighted by Crippen LogP contribution is -2.34. The summed E-state index contributed by atoms with van der Waals surface area (Å²) in [5, 5.41) is 0. The molecular formula is C14H22INSSi. The lowest BCUT2D eigenvalue weighted by Gasteiger charge is -2.16. The lowest BCUT2D eigenvalue weighted by atomic mass is 9.96. The molecule has 1 aliphatic carbocycles. The van der Waals surface area contributed by atoms with Crippen LogP contribution in [0.15, 0.2) is 11.1 Å². The van der Waals surface area contributed by atoms with Crippen LogP contribution in [-0.4, -0.2) is 20.3 Å². The second-order valence-electron chi connectivity index (χ2n) is 6.14. The van der Waals surface area contributed by atoms with Crippen LogP contribution < -0.4 is 4.50 Å². The molecule has 0 aliphatic heterocycles. The summed E-state index contributed by atoms with van der Waals surface area (Å²) in [4.78, 5) is 6.18. The molecule has 100 valence electrons. The molecule has 1 saturated carbocycles. The summed E-state index contributed by atoms with van der Waals surface area (Å²) in [6.07, 6.45) is 8.86. The average Bonchev–Trinajstić information content (AvgIpc) is 2.69. The molecule has 1 nitrogen and oxygen atoms in total. The third-order valence-electron chi connectivity index (χ3n) is 3.43. The van der Waals surface area contributed by atoms with Crippen LogP contribution in [0.5, 0.6) is 0 Å². The molecule has 4 heteroatoms. The van der Waals surface area contributed by atoms with Crippen molar-refractivity contribution in [2.75, 3.05) is 0 Å². The normalized spacial score (nSPS) is 18.7. The number of rotatable bonds is 3. The fraction of sp³-hybridized carbons (Fsp3) is 0.643. The van der Waals surface area contributed by atoms with E-state index in [-0.39, 0.29) is 0 Å². The van der Waals surface area contributed by atoms with Gasteiger partial charge in [-0.25, -0.2) is 0 Å². The van der Waals surface area contributed by atoms with Crippen LogP contribution in [0.25, 0.3) is 0 Å². The molecule has 2 rings (SSSR count). The van der Waals surface area contributed by atoms with Crippen LogP contribution in [0, 0.1) is 3.57 Å². The Bertz CT molecular complexity index is 427. The Morgan fingerprint density at radius 3 is 2.50 bits per heavy atom. The van der Waals surface area contributed by atoms with Gasteiger partial charge in [0, 0.05) is 15.8 Å². The molecule has 1 heterocycles. The Kier molecular flexibility index (Phi) is 5.05. The molecule has 0 atom stereocenters. The number of hydrogen-bond donors (Lipinski definition) is 0.